The third kappa shape index (κ3) is 3.20. The van der Waals surface area contributed by atoms with E-state index >= 15 is 0 Å². The standard InChI is InChI=1S/C19H21N5O/c1-22-12-9-17(21-22)19(25)24-11-4-10-23(13-14-24)18-8-7-15-5-2-3-6-16(15)20-18/h2-3,5-9,12H,4,10-11,13-14H2,1H3. The molecule has 6 heteroatoms. The molecule has 6 nitrogen and oxygen atoms in total. The summed E-state index contributed by atoms with van der Waals surface area (Å²) in [7, 11) is 1.83. The quantitative estimate of drug-likeness (QED) is 0.721. The van der Waals surface area contributed by atoms with Gasteiger partial charge in [-0.05, 0) is 30.7 Å². The fourth-order valence-corrected chi connectivity index (χ4v) is 3.27. The second kappa shape index (κ2) is 6.55. The van der Waals surface area contributed by atoms with Crippen LogP contribution in [0.1, 0.15) is 16.9 Å². The first kappa shape index (κ1) is 15.6. The van der Waals surface area contributed by atoms with Crippen LogP contribution in [0, 0.1) is 0 Å². The summed E-state index contributed by atoms with van der Waals surface area (Å²) >= 11 is 0. The van der Waals surface area contributed by atoms with Crippen LogP contribution in [0.5, 0.6) is 0 Å². The van der Waals surface area contributed by atoms with Crippen LogP contribution in [0.2, 0.25) is 0 Å². The lowest BCUT2D eigenvalue weighted by Gasteiger charge is -2.22. The molecule has 0 saturated carbocycles. The largest absolute Gasteiger partial charge is 0.355 e. The van der Waals surface area contributed by atoms with Crippen molar-refractivity contribution in [2.24, 2.45) is 7.05 Å². The van der Waals surface area contributed by atoms with Crippen molar-refractivity contribution in [1.29, 1.82) is 0 Å². The van der Waals surface area contributed by atoms with Crippen molar-refractivity contribution in [2.45, 2.75) is 6.42 Å². The van der Waals surface area contributed by atoms with Gasteiger partial charge in [0.15, 0.2) is 0 Å². The molecule has 25 heavy (non-hydrogen) atoms. The van der Waals surface area contributed by atoms with Gasteiger partial charge in [0.2, 0.25) is 0 Å². The van der Waals surface area contributed by atoms with Crippen LogP contribution in [0.4, 0.5) is 5.82 Å². The van der Waals surface area contributed by atoms with E-state index in [2.05, 4.69) is 28.2 Å². The van der Waals surface area contributed by atoms with Gasteiger partial charge in [-0.15, -0.1) is 0 Å². The van der Waals surface area contributed by atoms with Gasteiger partial charge in [0, 0.05) is 44.8 Å². The molecule has 1 saturated heterocycles. The molecule has 0 spiro atoms. The Labute approximate surface area is 146 Å². The Morgan fingerprint density at radius 2 is 1.88 bits per heavy atom. The molecule has 3 heterocycles. The second-order valence-electron chi connectivity index (χ2n) is 6.37. The Hall–Kier alpha value is -2.89. The zero-order valence-corrected chi connectivity index (χ0v) is 14.3. The van der Waals surface area contributed by atoms with Gasteiger partial charge in [0.1, 0.15) is 11.5 Å². The van der Waals surface area contributed by atoms with Crippen molar-refractivity contribution in [3.05, 3.63) is 54.4 Å². The predicted octanol–water partition coefficient (Wildman–Crippen LogP) is 2.32. The molecule has 2 aromatic heterocycles. The topological polar surface area (TPSA) is 54.3 Å². The summed E-state index contributed by atoms with van der Waals surface area (Å²) in [6, 6.07) is 14.1. The zero-order valence-electron chi connectivity index (χ0n) is 14.3. The molecule has 3 aromatic rings. The smallest absolute Gasteiger partial charge is 0.274 e. The molecule has 1 aromatic carbocycles. The molecular formula is C19H21N5O. The number of fused-ring (bicyclic) bond motifs is 1. The zero-order chi connectivity index (χ0) is 17.2. The van der Waals surface area contributed by atoms with Crippen LogP contribution in [0.25, 0.3) is 10.9 Å². The molecule has 1 amide bonds. The van der Waals surface area contributed by atoms with Crippen molar-refractivity contribution in [1.82, 2.24) is 19.7 Å². The molecular weight excluding hydrogens is 314 g/mol. The average molecular weight is 335 g/mol. The third-order valence-electron chi connectivity index (χ3n) is 4.62. The lowest BCUT2D eigenvalue weighted by atomic mass is 10.2. The van der Waals surface area contributed by atoms with Gasteiger partial charge in [0.25, 0.3) is 5.91 Å². The summed E-state index contributed by atoms with van der Waals surface area (Å²) in [6.45, 7) is 3.12. The molecule has 1 aliphatic rings. The van der Waals surface area contributed by atoms with Crippen LogP contribution in [-0.4, -0.2) is 51.8 Å². The van der Waals surface area contributed by atoms with E-state index in [-0.39, 0.29) is 5.91 Å². The number of benzene rings is 1. The summed E-state index contributed by atoms with van der Waals surface area (Å²) in [5.74, 6) is 0.986. The number of nitrogens with zero attached hydrogens (tertiary/aromatic N) is 5. The molecule has 0 aliphatic carbocycles. The Morgan fingerprint density at radius 3 is 2.72 bits per heavy atom. The van der Waals surface area contributed by atoms with Gasteiger partial charge in [-0.3, -0.25) is 9.48 Å². The van der Waals surface area contributed by atoms with Crippen molar-refractivity contribution in [3.63, 3.8) is 0 Å². The molecule has 0 radical (unpaired) electrons. The van der Waals surface area contributed by atoms with Crippen LogP contribution < -0.4 is 4.90 Å². The van der Waals surface area contributed by atoms with Crippen molar-refractivity contribution < 1.29 is 4.79 Å². The van der Waals surface area contributed by atoms with Gasteiger partial charge in [0.05, 0.1) is 5.52 Å². The van der Waals surface area contributed by atoms with E-state index in [0.29, 0.717) is 12.2 Å². The summed E-state index contributed by atoms with van der Waals surface area (Å²) in [4.78, 5) is 21.5. The molecule has 0 unspecified atom stereocenters. The highest BCUT2D eigenvalue weighted by Crippen LogP contribution is 2.19. The SMILES string of the molecule is Cn1ccc(C(=O)N2CCCN(c3ccc4ccccc4n3)CC2)n1. The number of amides is 1. The van der Waals surface area contributed by atoms with Crippen LogP contribution in [0.3, 0.4) is 0 Å². The minimum atomic E-state index is 0.00826. The number of carbonyl (C=O) groups is 1. The monoisotopic (exact) mass is 335 g/mol. The maximum atomic E-state index is 12.6. The van der Waals surface area contributed by atoms with Crippen LogP contribution in [-0.2, 0) is 7.05 Å². The summed E-state index contributed by atoms with van der Waals surface area (Å²) in [6.07, 6.45) is 2.73. The summed E-state index contributed by atoms with van der Waals surface area (Å²) in [5, 5.41) is 5.37. The molecule has 0 N–H and O–H groups in total. The summed E-state index contributed by atoms with van der Waals surface area (Å²) < 4.78 is 1.66. The highest BCUT2D eigenvalue weighted by molar-refractivity contribution is 5.92. The van der Waals surface area contributed by atoms with E-state index in [1.165, 1.54) is 0 Å². The number of anilines is 1. The normalized spacial score (nSPS) is 15.4. The fraction of sp³-hybridized carbons (Fsp3) is 0.316. The average Bonchev–Trinajstić information content (AvgIpc) is 2.93. The fourth-order valence-electron chi connectivity index (χ4n) is 3.27. The Kier molecular flexibility index (Phi) is 4.09. The maximum absolute atomic E-state index is 12.6. The first-order valence-corrected chi connectivity index (χ1v) is 8.60. The number of carbonyl (C=O) groups excluding carboxylic acids is 1. The second-order valence-corrected chi connectivity index (χ2v) is 6.37. The number of aromatic nitrogens is 3. The Balaban J connectivity index is 1.49. The molecule has 1 aliphatic heterocycles. The number of rotatable bonds is 2. The van der Waals surface area contributed by atoms with Crippen molar-refractivity contribution >= 4 is 22.6 Å². The van der Waals surface area contributed by atoms with Gasteiger partial charge in [-0.2, -0.15) is 5.10 Å². The van der Waals surface area contributed by atoms with Crippen molar-refractivity contribution in [3.8, 4) is 0 Å². The van der Waals surface area contributed by atoms with E-state index < -0.39 is 0 Å². The minimum absolute atomic E-state index is 0.00826. The molecule has 0 atom stereocenters. The first-order valence-electron chi connectivity index (χ1n) is 8.60. The molecule has 4 rings (SSSR count). The first-order chi connectivity index (χ1) is 12.2. The maximum Gasteiger partial charge on any atom is 0.274 e. The molecule has 1 fully saturated rings. The highest BCUT2D eigenvalue weighted by Gasteiger charge is 2.22. The van der Waals surface area contributed by atoms with E-state index in [0.717, 1.165) is 42.8 Å². The minimum Gasteiger partial charge on any atom is -0.355 e. The number of pyridine rings is 1. The van der Waals surface area contributed by atoms with Gasteiger partial charge in [-0.1, -0.05) is 18.2 Å². The lowest BCUT2D eigenvalue weighted by molar-refractivity contribution is 0.0760. The number of aryl methyl sites for hydroxylation is 1. The molecule has 128 valence electrons. The summed E-state index contributed by atoms with van der Waals surface area (Å²) in [5.41, 5.74) is 1.52. The lowest BCUT2D eigenvalue weighted by Crippen LogP contribution is -2.35. The van der Waals surface area contributed by atoms with Gasteiger partial charge in [-0.25, -0.2) is 4.98 Å². The number of hydrogen-bond acceptors (Lipinski definition) is 4. The van der Waals surface area contributed by atoms with Gasteiger partial charge < -0.3 is 9.80 Å². The number of hydrogen-bond donors (Lipinski definition) is 0. The van der Waals surface area contributed by atoms with E-state index in [1.807, 2.05) is 30.1 Å². The number of para-hydroxylation sites is 1. The molecule has 0 bridgehead atoms. The van der Waals surface area contributed by atoms with Gasteiger partial charge >= 0.3 is 0 Å². The van der Waals surface area contributed by atoms with E-state index in [9.17, 15) is 4.79 Å². The van der Waals surface area contributed by atoms with Crippen molar-refractivity contribution in [2.75, 3.05) is 31.1 Å². The van der Waals surface area contributed by atoms with Crippen LogP contribution in [0.15, 0.2) is 48.7 Å². The van der Waals surface area contributed by atoms with E-state index in [1.54, 1.807) is 16.9 Å². The third-order valence-corrected chi connectivity index (χ3v) is 4.62. The van der Waals surface area contributed by atoms with E-state index in [4.69, 9.17) is 4.98 Å². The highest BCUT2D eigenvalue weighted by atomic mass is 16.2. The Bertz CT molecular complexity index is 903. The Morgan fingerprint density at radius 1 is 1.00 bits per heavy atom. The van der Waals surface area contributed by atoms with Crippen LogP contribution >= 0.6 is 0 Å². The predicted molar refractivity (Wildman–Crippen MR) is 97.7 cm³/mol.